The Labute approximate surface area is 123 Å². The van der Waals surface area contributed by atoms with Crippen LogP contribution < -0.4 is 5.32 Å². The van der Waals surface area contributed by atoms with Crippen molar-refractivity contribution in [3.63, 3.8) is 0 Å². The maximum absolute atomic E-state index is 12.2. The molecule has 0 saturated heterocycles. The summed E-state index contributed by atoms with van der Waals surface area (Å²) in [6, 6.07) is 2.09. The van der Waals surface area contributed by atoms with Crippen molar-refractivity contribution in [3.05, 3.63) is 21.4 Å². The van der Waals surface area contributed by atoms with Gasteiger partial charge in [0, 0.05) is 22.7 Å². The van der Waals surface area contributed by atoms with E-state index in [1.165, 1.54) is 29.7 Å². The summed E-state index contributed by atoms with van der Waals surface area (Å²) in [4.78, 5) is 14.5. The molecule has 2 aliphatic rings. The van der Waals surface area contributed by atoms with Gasteiger partial charge in [-0.1, -0.05) is 12.8 Å². The van der Waals surface area contributed by atoms with Crippen molar-refractivity contribution >= 4 is 28.8 Å². The highest BCUT2D eigenvalue weighted by Gasteiger charge is 2.33. The Balaban J connectivity index is 1.61. The molecular formula is C15H20ClNOS. The number of rotatable bonds is 4. The number of hydrogen-bond acceptors (Lipinski definition) is 2. The zero-order valence-electron chi connectivity index (χ0n) is 11.1. The minimum Gasteiger partial charge on any atom is -0.351 e. The molecule has 2 aliphatic carbocycles. The Kier molecular flexibility index (Phi) is 3.86. The molecule has 104 valence electrons. The van der Waals surface area contributed by atoms with Crippen LogP contribution in [-0.2, 0) is 12.8 Å². The first-order valence-electron chi connectivity index (χ1n) is 7.18. The van der Waals surface area contributed by atoms with E-state index in [0.29, 0.717) is 5.88 Å². The van der Waals surface area contributed by atoms with Crippen LogP contribution in [0.15, 0.2) is 6.07 Å². The SMILES string of the molecule is O=C(NCC1(CCl)CCCC1)c1cc2c(s1)CCC2. The molecule has 0 aromatic carbocycles. The lowest BCUT2D eigenvalue weighted by molar-refractivity contribution is 0.0939. The Morgan fingerprint density at radius 3 is 2.79 bits per heavy atom. The number of thiophene rings is 1. The lowest BCUT2D eigenvalue weighted by atomic mass is 9.88. The van der Waals surface area contributed by atoms with Crippen LogP contribution in [0.5, 0.6) is 0 Å². The highest BCUT2D eigenvalue weighted by molar-refractivity contribution is 7.14. The van der Waals surface area contributed by atoms with Gasteiger partial charge >= 0.3 is 0 Å². The molecule has 1 heterocycles. The van der Waals surface area contributed by atoms with Crippen LogP contribution in [0.1, 0.15) is 52.2 Å². The maximum Gasteiger partial charge on any atom is 0.261 e. The van der Waals surface area contributed by atoms with Crippen molar-refractivity contribution < 1.29 is 4.79 Å². The summed E-state index contributed by atoms with van der Waals surface area (Å²) in [6.45, 7) is 0.734. The van der Waals surface area contributed by atoms with Gasteiger partial charge in [-0.25, -0.2) is 0 Å². The average Bonchev–Trinajstić information content (AvgIpc) is 3.11. The molecule has 0 bridgehead atoms. The first-order chi connectivity index (χ1) is 9.22. The fourth-order valence-corrected chi connectivity index (χ4v) is 4.81. The highest BCUT2D eigenvalue weighted by Crippen LogP contribution is 2.38. The lowest BCUT2D eigenvalue weighted by Gasteiger charge is -2.26. The Morgan fingerprint density at radius 2 is 2.11 bits per heavy atom. The number of alkyl halides is 1. The standard InChI is InChI=1S/C15H20ClNOS/c16-9-15(6-1-2-7-15)10-17-14(18)13-8-11-4-3-5-12(11)19-13/h8H,1-7,9-10H2,(H,17,18). The molecule has 1 fully saturated rings. The minimum atomic E-state index is 0.0933. The van der Waals surface area contributed by atoms with E-state index < -0.39 is 0 Å². The van der Waals surface area contributed by atoms with Gasteiger partial charge in [-0.3, -0.25) is 4.79 Å². The molecular weight excluding hydrogens is 278 g/mol. The smallest absolute Gasteiger partial charge is 0.261 e. The predicted octanol–water partition coefficient (Wildman–Crippen LogP) is 3.77. The summed E-state index contributed by atoms with van der Waals surface area (Å²) in [5.41, 5.74) is 1.54. The second-order valence-electron chi connectivity index (χ2n) is 5.94. The van der Waals surface area contributed by atoms with E-state index in [2.05, 4.69) is 11.4 Å². The van der Waals surface area contributed by atoms with Crippen LogP contribution in [-0.4, -0.2) is 18.3 Å². The fraction of sp³-hybridized carbons (Fsp3) is 0.667. The van der Waals surface area contributed by atoms with Crippen LogP contribution >= 0.6 is 22.9 Å². The van der Waals surface area contributed by atoms with Crippen molar-refractivity contribution in [1.29, 1.82) is 0 Å². The Morgan fingerprint density at radius 1 is 1.32 bits per heavy atom. The van der Waals surface area contributed by atoms with Crippen LogP contribution in [0, 0.1) is 5.41 Å². The van der Waals surface area contributed by atoms with Crippen molar-refractivity contribution in [1.82, 2.24) is 5.32 Å². The molecule has 1 aromatic heterocycles. The van der Waals surface area contributed by atoms with Crippen LogP contribution in [0.2, 0.25) is 0 Å². The number of halogens is 1. The van der Waals surface area contributed by atoms with Crippen molar-refractivity contribution in [2.45, 2.75) is 44.9 Å². The third kappa shape index (κ3) is 2.68. The van der Waals surface area contributed by atoms with E-state index in [-0.39, 0.29) is 11.3 Å². The molecule has 0 spiro atoms. The number of carbonyl (C=O) groups is 1. The predicted molar refractivity (Wildman–Crippen MR) is 80.3 cm³/mol. The van der Waals surface area contributed by atoms with Crippen molar-refractivity contribution in [2.24, 2.45) is 5.41 Å². The normalized spacial score (nSPS) is 20.5. The quantitative estimate of drug-likeness (QED) is 0.842. The van der Waals surface area contributed by atoms with Gasteiger partial charge in [0.2, 0.25) is 0 Å². The number of fused-ring (bicyclic) bond motifs is 1. The van der Waals surface area contributed by atoms with Crippen molar-refractivity contribution in [3.8, 4) is 0 Å². The molecule has 1 amide bonds. The van der Waals surface area contributed by atoms with E-state index in [4.69, 9.17) is 11.6 Å². The molecule has 19 heavy (non-hydrogen) atoms. The van der Waals surface area contributed by atoms with Gasteiger partial charge < -0.3 is 5.32 Å². The topological polar surface area (TPSA) is 29.1 Å². The molecule has 3 rings (SSSR count). The van der Waals surface area contributed by atoms with Gasteiger partial charge in [-0.2, -0.15) is 0 Å². The number of aryl methyl sites for hydroxylation is 2. The number of nitrogens with one attached hydrogen (secondary N) is 1. The molecule has 1 saturated carbocycles. The van der Waals surface area contributed by atoms with Crippen molar-refractivity contribution in [2.75, 3.05) is 12.4 Å². The first kappa shape index (κ1) is 13.4. The van der Waals surface area contributed by atoms with Gasteiger partial charge in [-0.05, 0) is 43.7 Å². The molecule has 4 heteroatoms. The summed E-state index contributed by atoms with van der Waals surface area (Å²) in [5.74, 6) is 0.754. The summed E-state index contributed by atoms with van der Waals surface area (Å²) in [7, 11) is 0. The average molecular weight is 298 g/mol. The van der Waals surface area contributed by atoms with E-state index >= 15 is 0 Å². The monoisotopic (exact) mass is 297 g/mol. The lowest BCUT2D eigenvalue weighted by Crippen LogP contribution is -2.36. The largest absolute Gasteiger partial charge is 0.351 e. The molecule has 0 radical (unpaired) electrons. The summed E-state index contributed by atoms with van der Waals surface area (Å²) < 4.78 is 0. The molecule has 0 unspecified atom stereocenters. The first-order valence-corrected chi connectivity index (χ1v) is 8.53. The van der Waals surface area contributed by atoms with E-state index in [1.54, 1.807) is 11.3 Å². The fourth-order valence-electron chi connectivity index (χ4n) is 3.28. The van der Waals surface area contributed by atoms with Gasteiger partial charge in [0.15, 0.2) is 0 Å². The van der Waals surface area contributed by atoms with E-state index in [0.717, 1.165) is 37.1 Å². The van der Waals surface area contributed by atoms with Crippen LogP contribution in [0.4, 0.5) is 0 Å². The van der Waals surface area contributed by atoms with Gasteiger partial charge in [0.05, 0.1) is 4.88 Å². The third-order valence-corrected chi connectivity index (χ3v) is 6.34. The van der Waals surface area contributed by atoms with Gasteiger partial charge in [0.25, 0.3) is 5.91 Å². The molecule has 0 atom stereocenters. The van der Waals surface area contributed by atoms with Gasteiger partial charge in [0.1, 0.15) is 0 Å². The Hall–Kier alpha value is -0.540. The highest BCUT2D eigenvalue weighted by atomic mass is 35.5. The zero-order chi connectivity index (χ0) is 13.3. The molecule has 2 nitrogen and oxygen atoms in total. The summed E-state index contributed by atoms with van der Waals surface area (Å²) >= 11 is 7.78. The minimum absolute atomic E-state index is 0.0933. The molecule has 1 aromatic rings. The second kappa shape index (κ2) is 5.45. The number of carbonyl (C=O) groups excluding carboxylic acids is 1. The summed E-state index contributed by atoms with van der Waals surface area (Å²) in [5, 5.41) is 3.11. The number of amides is 1. The summed E-state index contributed by atoms with van der Waals surface area (Å²) in [6.07, 6.45) is 8.34. The van der Waals surface area contributed by atoms with Gasteiger partial charge in [-0.15, -0.1) is 22.9 Å². The van der Waals surface area contributed by atoms with E-state index in [1.807, 2.05) is 0 Å². The Bertz CT molecular complexity index is 455. The maximum atomic E-state index is 12.2. The third-order valence-electron chi connectivity index (χ3n) is 4.54. The van der Waals surface area contributed by atoms with Crippen LogP contribution in [0.25, 0.3) is 0 Å². The second-order valence-corrected chi connectivity index (χ2v) is 7.34. The van der Waals surface area contributed by atoms with Crippen LogP contribution in [0.3, 0.4) is 0 Å². The number of hydrogen-bond donors (Lipinski definition) is 1. The molecule has 0 aliphatic heterocycles. The van der Waals surface area contributed by atoms with E-state index in [9.17, 15) is 4.79 Å². The molecule has 1 N–H and O–H groups in total. The zero-order valence-corrected chi connectivity index (χ0v) is 12.7.